The van der Waals surface area contributed by atoms with Crippen molar-refractivity contribution in [3.63, 3.8) is 0 Å². The highest BCUT2D eigenvalue weighted by molar-refractivity contribution is 7.89. The predicted octanol–water partition coefficient (Wildman–Crippen LogP) is 2.93. The highest BCUT2D eigenvalue weighted by Gasteiger charge is 2.32. The van der Waals surface area contributed by atoms with Gasteiger partial charge in [0.1, 0.15) is 4.90 Å². The van der Waals surface area contributed by atoms with Crippen molar-refractivity contribution in [2.45, 2.75) is 43.5 Å². The van der Waals surface area contributed by atoms with Crippen molar-refractivity contribution in [2.75, 3.05) is 7.05 Å². The minimum absolute atomic E-state index is 0.0602. The number of hydrogen-bond donors (Lipinski definition) is 0. The summed E-state index contributed by atoms with van der Waals surface area (Å²) in [6.45, 7) is 2.17. The van der Waals surface area contributed by atoms with Crippen molar-refractivity contribution in [1.82, 2.24) is 9.29 Å². The summed E-state index contributed by atoms with van der Waals surface area (Å²) in [5.41, 5.74) is 0. The number of pyridine rings is 1. The molecule has 1 heterocycles. The maximum atomic E-state index is 12.6. The van der Waals surface area contributed by atoms with Gasteiger partial charge in [-0.05, 0) is 24.8 Å². The zero-order chi connectivity index (χ0) is 14.0. The van der Waals surface area contributed by atoms with Gasteiger partial charge in [0.25, 0.3) is 0 Å². The van der Waals surface area contributed by atoms with E-state index in [-0.39, 0.29) is 16.0 Å². The van der Waals surface area contributed by atoms with Gasteiger partial charge in [-0.3, -0.25) is 4.98 Å². The lowest BCUT2D eigenvalue weighted by Crippen LogP contribution is -2.39. The largest absolute Gasteiger partial charge is 0.263 e. The van der Waals surface area contributed by atoms with Crippen LogP contribution in [0.2, 0.25) is 5.02 Å². The number of hydrogen-bond acceptors (Lipinski definition) is 3. The van der Waals surface area contributed by atoms with Crippen LogP contribution in [0.15, 0.2) is 23.4 Å². The summed E-state index contributed by atoms with van der Waals surface area (Å²) in [6.07, 6.45) is 6.89. The summed E-state index contributed by atoms with van der Waals surface area (Å²) in [6, 6.07) is 1.57. The molecule has 0 radical (unpaired) electrons. The van der Waals surface area contributed by atoms with Gasteiger partial charge in [0.2, 0.25) is 10.0 Å². The SMILES string of the molecule is CC1CCCC(N(C)S(=O)(=O)c2cnccc2Cl)C1. The summed E-state index contributed by atoms with van der Waals surface area (Å²) < 4.78 is 26.6. The van der Waals surface area contributed by atoms with Crippen LogP contribution in [0.1, 0.15) is 32.6 Å². The van der Waals surface area contributed by atoms with Crippen LogP contribution in [0.3, 0.4) is 0 Å². The van der Waals surface area contributed by atoms with Crippen LogP contribution < -0.4 is 0 Å². The topological polar surface area (TPSA) is 50.3 Å². The molecule has 0 bridgehead atoms. The molecule has 0 aliphatic heterocycles. The van der Waals surface area contributed by atoms with Crippen molar-refractivity contribution in [3.8, 4) is 0 Å². The zero-order valence-electron chi connectivity index (χ0n) is 11.2. The molecule has 1 saturated carbocycles. The van der Waals surface area contributed by atoms with Crippen LogP contribution in [-0.4, -0.2) is 30.8 Å². The minimum atomic E-state index is -3.55. The predicted molar refractivity (Wildman–Crippen MR) is 75.6 cm³/mol. The molecule has 1 aliphatic rings. The molecule has 106 valence electrons. The fourth-order valence-electron chi connectivity index (χ4n) is 2.64. The summed E-state index contributed by atoms with van der Waals surface area (Å²) >= 11 is 5.97. The van der Waals surface area contributed by atoms with E-state index >= 15 is 0 Å². The normalized spacial score (nSPS) is 24.6. The number of rotatable bonds is 3. The van der Waals surface area contributed by atoms with Gasteiger partial charge in [0, 0.05) is 25.5 Å². The van der Waals surface area contributed by atoms with E-state index in [0.29, 0.717) is 5.92 Å². The third-order valence-electron chi connectivity index (χ3n) is 3.81. The van der Waals surface area contributed by atoms with Crippen molar-refractivity contribution in [3.05, 3.63) is 23.5 Å². The first kappa shape index (κ1) is 14.8. The molecule has 1 aromatic heterocycles. The van der Waals surface area contributed by atoms with Crippen LogP contribution >= 0.6 is 11.6 Å². The van der Waals surface area contributed by atoms with E-state index in [2.05, 4.69) is 11.9 Å². The van der Waals surface area contributed by atoms with E-state index in [1.165, 1.54) is 29.2 Å². The molecule has 0 aromatic carbocycles. The van der Waals surface area contributed by atoms with Crippen LogP contribution in [0.25, 0.3) is 0 Å². The van der Waals surface area contributed by atoms with Gasteiger partial charge in [-0.15, -0.1) is 0 Å². The summed E-state index contributed by atoms with van der Waals surface area (Å²) in [5, 5.41) is 0.228. The second kappa shape index (κ2) is 5.77. The Labute approximate surface area is 119 Å². The van der Waals surface area contributed by atoms with Crippen molar-refractivity contribution in [2.24, 2.45) is 5.92 Å². The summed E-state index contributed by atoms with van der Waals surface area (Å²) in [7, 11) is -1.91. The molecule has 2 unspecified atom stereocenters. The van der Waals surface area contributed by atoms with Crippen molar-refractivity contribution < 1.29 is 8.42 Å². The Morgan fingerprint density at radius 3 is 2.79 bits per heavy atom. The van der Waals surface area contributed by atoms with Gasteiger partial charge in [0.15, 0.2) is 0 Å². The molecule has 0 N–H and O–H groups in total. The first-order valence-electron chi connectivity index (χ1n) is 6.50. The van der Waals surface area contributed by atoms with Crippen molar-refractivity contribution in [1.29, 1.82) is 0 Å². The molecule has 0 amide bonds. The second-order valence-corrected chi connectivity index (χ2v) is 7.63. The Hall–Kier alpha value is -0.650. The van der Waals surface area contributed by atoms with Crippen LogP contribution in [-0.2, 0) is 10.0 Å². The molecule has 1 aromatic rings. The maximum Gasteiger partial charge on any atom is 0.246 e. The Morgan fingerprint density at radius 1 is 1.42 bits per heavy atom. The Balaban J connectivity index is 2.27. The summed E-state index contributed by atoms with van der Waals surface area (Å²) in [4.78, 5) is 3.96. The molecule has 6 heteroatoms. The lowest BCUT2D eigenvalue weighted by Gasteiger charge is -2.33. The van der Waals surface area contributed by atoms with Crippen LogP contribution in [0, 0.1) is 5.92 Å². The van der Waals surface area contributed by atoms with Crippen LogP contribution in [0.4, 0.5) is 0 Å². The minimum Gasteiger partial charge on any atom is -0.263 e. The zero-order valence-corrected chi connectivity index (χ0v) is 12.8. The highest BCUT2D eigenvalue weighted by Crippen LogP contribution is 2.31. The molecule has 1 aliphatic carbocycles. The van der Waals surface area contributed by atoms with E-state index in [4.69, 9.17) is 11.6 Å². The summed E-state index contributed by atoms with van der Waals surface area (Å²) in [5.74, 6) is 0.570. The number of nitrogens with zero attached hydrogens (tertiary/aromatic N) is 2. The smallest absolute Gasteiger partial charge is 0.246 e. The van der Waals surface area contributed by atoms with E-state index in [1.54, 1.807) is 7.05 Å². The molecule has 2 atom stereocenters. The fraction of sp³-hybridized carbons (Fsp3) is 0.615. The second-order valence-electron chi connectivity index (χ2n) is 5.25. The molecular formula is C13H19ClN2O2S. The van der Waals surface area contributed by atoms with E-state index in [0.717, 1.165) is 19.3 Å². The van der Waals surface area contributed by atoms with E-state index in [9.17, 15) is 8.42 Å². The van der Waals surface area contributed by atoms with Gasteiger partial charge in [-0.25, -0.2) is 8.42 Å². The fourth-order valence-corrected chi connectivity index (χ4v) is 4.44. The molecule has 0 saturated heterocycles. The average Bonchev–Trinajstić information content (AvgIpc) is 2.38. The molecule has 19 heavy (non-hydrogen) atoms. The molecule has 1 fully saturated rings. The third kappa shape index (κ3) is 3.09. The number of sulfonamides is 1. The molecular weight excluding hydrogens is 284 g/mol. The average molecular weight is 303 g/mol. The standard InChI is InChI=1S/C13H19ClN2O2S/c1-10-4-3-5-11(8-10)16(2)19(17,18)13-9-15-7-6-12(13)14/h6-7,9-11H,3-5,8H2,1-2H3. The Bertz CT molecular complexity index is 547. The number of aromatic nitrogens is 1. The third-order valence-corrected chi connectivity index (χ3v) is 6.19. The highest BCUT2D eigenvalue weighted by atomic mass is 35.5. The van der Waals surface area contributed by atoms with Gasteiger partial charge < -0.3 is 0 Å². The quantitative estimate of drug-likeness (QED) is 0.862. The first-order valence-corrected chi connectivity index (χ1v) is 8.32. The lowest BCUT2D eigenvalue weighted by atomic mass is 9.87. The van der Waals surface area contributed by atoms with Gasteiger partial charge in [0.05, 0.1) is 5.02 Å². The van der Waals surface area contributed by atoms with Crippen molar-refractivity contribution >= 4 is 21.6 Å². The van der Waals surface area contributed by atoms with Gasteiger partial charge in [-0.1, -0.05) is 31.4 Å². The number of halogens is 1. The van der Waals surface area contributed by atoms with E-state index < -0.39 is 10.0 Å². The molecule has 0 spiro atoms. The van der Waals surface area contributed by atoms with Crippen LogP contribution in [0.5, 0.6) is 0 Å². The Kier molecular flexibility index (Phi) is 4.48. The van der Waals surface area contributed by atoms with Gasteiger partial charge >= 0.3 is 0 Å². The van der Waals surface area contributed by atoms with Gasteiger partial charge in [-0.2, -0.15) is 4.31 Å². The van der Waals surface area contributed by atoms with E-state index in [1.807, 2.05) is 0 Å². The lowest BCUT2D eigenvalue weighted by molar-refractivity contribution is 0.239. The molecule has 2 rings (SSSR count). The molecule has 4 nitrogen and oxygen atoms in total. The maximum absolute atomic E-state index is 12.6. The Morgan fingerprint density at radius 2 is 2.16 bits per heavy atom. The first-order chi connectivity index (χ1) is 8.93. The monoisotopic (exact) mass is 302 g/mol.